The first-order valence-electron chi connectivity index (χ1n) is 5.20. The van der Waals surface area contributed by atoms with Crippen molar-refractivity contribution in [2.45, 2.75) is 13.3 Å². The molecule has 1 rings (SSSR count). The lowest BCUT2D eigenvalue weighted by Gasteiger charge is -2.02. The summed E-state index contributed by atoms with van der Waals surface area (Å²) in [5.74, 6) is 0. The van der Waals surface area contributed by atoms with Gasteiger partial charge in [0.2, 0.25) is 0 Å². The topological polar surface area (TPSA) is 128 Å². The first kappa shape index (κ1) is 14.2. The van der Waals surface area contributed by atoms with Crippen LogP contribution in [0, 0.1) is 20.2 Å². The van der Waals surface area contributed by atoms with Gasteiger partial charge in [-0.15, -0.1) is 0 Å². The highest BCUT2D eigenvalue weighted by Crippen LogP contribution is 2.28. The molecule has 0 aliphatic carbocycles. The molecule has 100 valence electrons. The second-order valence-corrected chi connectivity index (χ2v) is 3.40. The normalized spacial score (nSPS) is 10.9. The summed E-state index contributed by atoms with van der Waals surface area (Å²) in [7, 11) is 0. The summed E-state index contributed by atoms with van der Waals surface area (Å²) in [6.07, 6.45) is 0.876. The van der Waals surface area contributed by atoms with Gasteiger partial charge in [-0.05, 0) is 12.5 Å². The third kappa shape index (κ3) is 3.56. The third-order valence-electron chi connectivity index (χ3n) is 2.21. The van der Waals surface area contributed by atoms with Crippen molar-refractivity contribution in [1.82, 2.24) is 0 Å². The van der Waals surface area contributed by atoms with E-state index in [1.165, 1.54) is 0 Å². The van der Waals surface area contributed by atoms with Gasteiger partial charge in [0.05, 0.1) is 15.9 Å². The molecule has 9 nitrogen and oxygen atoms in total. The van der Waals surface area contributed by atoms with Crippen molar-refractivity contribution in [3.05, 3.63) is 38.4 Å². The quantitative estimate of drug-likeness (QED) is 0.362. The zero-order chi connectivity index (χ0) is 14.4. The zero-order valence-corrected chi connectivity index (χ0v) is 9.90. The number of hydrogen-bond donors (Lipinski definition) is 1. The van der Waals surface area contributed by atoms with Crippen molar-refractivity contribution in [2.75, 3.05) is 5.43 Å². The monoisotopic (exact) mass is 266 g/mol. The zero-order valence-electron chi connectivity index (χ0n) is 9.90. The number of nitro benzene ring substituents is 2. The number of nitro groups is 2. The molecule has 1 aromatic rings. The number of carbonyl (C=O) groups excluding carboxylic acids is 1. The Hall–Kier alpha value is -2.84. The van der Waals surface area contributed by atoms with Crippen LogP contribution in [0.1, 0.15) is 13.3 Å². The number of benzene rings is 1. The molecule has 0 aliphatic rings. The van der Waals surface area contributed by atoms with E-state index >= 15 is 0 Å². The van der Waals surface area contributed by atoms with Gasteiger partial charge >= 0.3 is 5.69 Å². The van der Waals surface area contributed by atoms with Crippen molar-refractivity contribution in [1.29, 1.82) is 0 Å². The number of carbonyl (C=O) groups is 1. The average molecular weight is 266 g/mol. The molecule has 0 saturated heterocycles. The first-order valence-corrected chi connectivity index (χ1v) is 5.20. The molecular formula is C10H10N4O5. The highest BCUT2D eigenvalue weighted by atomic mass is 16.6. The number of rotatable bonds is 6. The molecule has 0 aromatic heterocycles. The van der Waals surface area contributed by atoms with Gasteiger partial charge in [-0.1, -0.05) is 6.92 Å². The Bertz CT molecular complexity index is 555. The SMILES string of the molecule is CCC(C=O)=NNc1ccc([N+](=O)[O-])cc1[N+](=O)[O-]. The Morgan fingerprint density at radius 2 is 2.05 bits per heavy atom. The lowest BCUT2D eigenvalue weighted by Crippen LogP contribution is -2.04. The summed E-state index contributed by atoms with van der Waals surface area (Å²) in [6.45, 7) is 1.69. The molecular weight excluding hydrogens is 256 g/mol. The van der Waals surface area contributed by atoms with E-state index in [4.69, 9.17) is 0 Å². The van der Waals surface area contributed by atoms with Gasteiger partial charge in [-0.3, -0.25) is 30.4 Å². The van der Waals surface area contributed by atoms with Crippen LogP contribution in [-0.2, 0) is 4.79 Å². The fourth-order valence-electron chi connectivity index (χ4n) is 1.20. The van der Waals surface area contributed by atoms with E-state index in [0.717, 1.165) is 18.2 Å². The summed E-state index contributed by atoms with van der Waals surface area (Å²) in [5.41, 5.74) is 1.62. The summed E-state index contributed by atoms with van der Waals surface area (Å²) in [4.78, 5) is 30.4. The Morgan fingerprint density at radius 3 is 2.53 bits per heavy atom. The van der Waals surface area contributed by atoms with Crippen LogP contribution in [0.4, 0.5) is 17.1 Å². The molecule has 0 spiro atoms. The van der Waals surface area contributed by atoms with Gasteiger partial charge in [0, 0.05) is 6.07 Å². The minimum Gasteiger partial charge on any atom is -0.296 e. The fraction of sp³-hybridized carbons (Fsp3) is 0.200. The third-order valence-corrected chi connectivity index (χ3v) is 2.21. The van der Waals surface area contributed by atoms with Crippen molar-refractivity contribution in [3.63, 3.8) is 0 Å². The van der Waals surface area contributed by atoms with E-state index in [1.807, 2.05) is 0 Å². The second-order valence-electron chi connectivity index (χ2n) is 3.40. The largest absolute Gasteiger partial charge is 0.301 e. The van der Waals surface area contributed by atoms with Gasteiger partial charge in [-0.25, -0.2) is 0 Å². The van der Waals surface area contributed by atoms with E-state index in [9.17, 15) is 25.0 Å². The van der Waals surface area contributed by atoms with Gasteiger partial charge in [0.25, 0.3) is 5.69 Å². The Kier molecular flexibility index (Phi) is 4.63. The Labute approximate surface area is 107 Å². The molecule has 0 bridgehead atoms. The van der Waals surface area contributed by atoms with Gasteiger partial charge in [-0.2, -0.15) is 5.10 Å². The molecule has 0 heterocycles. The number of nitrogens with zero attached hydrogens (tertiary/aromatic N) is 3. The minimum atomic E-state index is -0.766. The number of aldehydes is 1. The highest BCUT2D eigenvalue weighted by molar-refractivity contribution is 6.28. The summed E-state index contributed by atoms with van der Waals surface area (Å²) in [6, 6.07) is 3.10. The predicted molar refractivity (Wildman–Crippen MR) is 67.2 cm³/mol. The Balaban J connectivity index is 3.14. The average Bonchev–Trinajstić information content (AvgIpc) is 2.39. The molecule has 0 fully saturated rings. The van der Waals surface area contributed by atoms with Gasteiger partial charge in [0.15, 0.2) is 6.29 Å². The van der Waals surface area contributed by atoms with Crippen molar-refractivity contribution < 1.29 is 14.6 Å². The van der Waals surface area contributed by atoms with E-state index < -0.39 is 21.2 Å². The van der Waals surface area contributed by atoms with Crippen LogP contribution in [0.3, 0.4) is 0 Å². The number of nitrogens with one attached hydrogen (secondary N) is 1. The first-order chi connectivity index (χ1) is 8.99. The van der Waals surface area contributed by atoms with E-state index in [1.54, 1.807) is 6.92 Å². The maximum absolute atomic E-state index is 10.8. The van der Waals surface area contributed by atoms with Crippen LogP contribution >= 0.6 is 0 Å². The van der Waals surface area contributed by atoms with Crippen LogP contribution in [-0.4, -0.2) is 21.8 Å². The van der Waals surface area contributed by atoms with Gasteiger partial charge in [0.1, 0.15) is 11.4 Å². The summed E-state index contributed by atoms with van der Waals surface area (Å²) in [5, 5.41) is 25.0. The number of anilines is 1. The highest BCUT2D eigenvalue weighted by Gasteiger charge is 2.19. The smallest absolute Gasteiger partial charge is 0.296 e. The van der Waals surface area contributed by atoms with Crippen LogP contribution in [0.25, 0.3) is 0 Å². The van der Waals surface area contributed by atoms with Crippen molar-refractivity contribution >= 4 is 29.1 Å². The Morgan fingerprint density at radius 1 is 1.37 bits per heavy atom. The lowest BCUT2D eigenvalue weighted by molar-refractivity contribution is -0.393. The number of hydrazone groups is 1. The molecule has 0 atom stereocenters. The van der Waals surface area contributed by atoms with Crippen LogP contribution < -0.4 is 5.43 Å². The lowest BCUT2D eigenvalue weighted by atomic mass is 10.2. The van der Waals surface area contributed by atoms with Crippen molar-refractivity contribution in [3.8, 4) is 0 Å². The molecule has 0 aliphatic heterocycles. The van der Waals surface area contributed by atoms with E-state index in [0.29, 0.717) is 12.7 Å². The van der Waals surface area contributed by atoms with E-state index in [-0.39, 0.29) is 11.4 Å². The maximum Gasteiger partial charge on any atom is 0.301 e. The van der Waals surface area contributed by atoms with Gasteiger partial charge < -0.3 is 0 Å². The number of hydrogen-bond acceptors (Lipinski definition) is 7. The van der Waals surface area contributed by atoms with Crippen LogP contribution in [0.15, 0.2) is 23.3 Å². The molecule has 9 heteroatoms. The van der Waals surface area contributed by atoms with Crippen LogP contribution in [0.2, 0.25) is 0 Å². The second kappa shape index (κ2) is 6.19. The van der Waals surface area contributed by atoms with Crippen molar-refractivity contribution in [2.24, 2.45) is 5.10 Å². The van der Waals surface area contributed by atoms with Crippen LogP contribution in [0.5, 0.6) is 0 Å². The molecule has 1 aromatic carbocycles. The standard InChI is InChI=1S/C10H10N4O5/c1-2-7(6-15)11-12-9-4-3-8(13(16)17)5-10(9)14(18)19/h3-6,12H,2H2,1H3. The van der Waals surface area contributed by atoms with E-state index in [2.05, 4.69) is 10.5 Å². The molecule has 1 N–H and O–H groups in total. The molecule has 0 saturated carbocycles. The molecule has 0 radical (unpaired) electrons. The summed E-state index contributed by atoms with van der Waals surface area (Å²) < 4.78 is 0. The summed E-state index contributed by atoms with van der Waals surface area (Å²) >= 11 is 0. The maximum atomic E-state index is 10.8. The predicted octanol–water partition coefficient (Wildman–Crippen LogP) is 1.88. The fourth-order valence-corrected chi connectivity index (χ4v) is 1.20. The number of non-ortho nitro benzene ring substituents is 1. The molecule has 19 heavy (non-hydrogen) atoms. The molecule has 0 unspecified atom stereocenters. The molecule has 0 amide bonds. The minimum absolute atomic E-state index is 0.0246.